The molecule has 2 nitrogen and oxygen atoms in total. The predicted octanol–water partition coefficient (Wildman–Crippen LogP) is 7.74. The normalized spacial score (nSPS) is 14.2. The zero-order valence-corrected chi connectivity index (χ0v) is 19.1. The van der Waals surface area contributed by atoms with Gasteiger partial charge >= 0.3 is 5.97 Å². The number of rotatable bonds is 14. The van der Waals surface area contributed by atoms with Crippen LogP contribution in [0.3, 0.4) is 0 Å². The van der Waals surface area contributed by atoms with Crippen molar-refractivity contribution in [1.82, 2.24) is 0 Å². The van der Waals surface area contributed by atoms with E-state index in [4.69, 9.17) is 0 Å². The molecular formula is C23H37IO2. The summed E-state index contributed by atoms with van der Waals surface area (Å²) in [6.07, 6.45) is 14.0. The van der Waals surface area contributed by atoms with Crippen molar-refractivity contribution in [2.45, 2.75) is 94.8 Å². The summed E-state index contributed by atoms with van der Waals surface area (Å²) in [5, 5.41) is 9.98. The summed E-state index contributed by atoms with van der Waals surface area (Å²) in [5.41, 5.74) is 0.603. The van der Waals surface area contributed by atoms with Crippen molar-refractivity contribution in [3.05, 3.63) is 35.9 Å². The molecular weight excluding hydrogens is 435 g/mol. The lowest BCUT2D eigenvalue weighted by Gasteiger charge is -2.40. The van der Waals surface area contributed by atoms with E-state index >= 15 is 0 Å². The van der Waals surface area contributed by atoms with E-state index in [0.717, 1.165) is 18.4 Å². The summed E-state index contributed by atoms with van der Waals surface area (Å²) in [4.78, 5) is 12.1. The smallest absolute Gasteiger partial charge is 0.324 e. The zero-order chi connectivity index (χ0) is 19.5. The van der Waals surface area contributed by atoms with Crippen LogP contribution in [0, 0.1) is 5.41 Å². The fourth-order valence-electron chi connectivity index (χ4n) is 3.70. The first-order chi connectivity index (χ1) is 12.4. The average molecular weight is 472 g/mol. The molecule has 1 aromatic carbocycles. The molecule has 0 aromatic heterocycles. The Labute approximate surface area is 174 Å². The van der Waals surface area contributed by atoms with Crippen LogP contribution in [0.4, 0.5) is 0 Å². The van der Waals surface area contributed by atoms with Crippen molar-refractivity contribution in [1.29, 1.82) is 0 Å². The molecule has 0 heterocycles. The number of aliphatic carboxylic acids is 1. The van der Waals surface area contributed by atoms with Crippen LogP contribution in [0.1, 0.15) is 97.0 Å². The van der Waals surface area contributed by atoms with E-state index in [2.05, 4.69) is 43.4 Å². The van der Waals surface area contributed by atoms with Gasteiger partial charge in [0.15, 0.2) is 0 Å². The molecule has 0 saturated carbocycles. The molecule has 26 heavy (non-hydrogen) atoms. The van der Waals surface area contributed by atoms with E-state index in [1.54, 1.807) is 0 Å². The number of benzene rings is 1. The van der Waals surface area contributed by atoms with Gasteiger partial charge in [-0.3, -0.25) is 4.79 Å². The van der Waals surface area contributed by atoms with Gasteiger partial charge in [0.2, 0.25) is 0 Å². The Hall–Kier alpha value is -0.580. The second kappa shape index (κ2) is 12.0. The molecule has 3 heteroatoms. The fourth-order valence-corrected chi connectivity index (χ4v) is 4.33. The molecule has 0 bridgehead atoms. The van der Waals surface area contributed by atoms with Gasteiger partial charge in [-0.1, -0.05) is 138 Å². The Morgan fingerprint density at radius 2 is 1.35 bits per heavy atom. The summed E-state index contributed by atoms with van der Waals surface area (Å²) in [6.45, 7) is 6.47. The van der Waals surface area contributed by atoms with Crippen LogP contribution in [0.5, 0.6) is 0 Å². The van der Waals surface area contributed by atoms with E-state index in [1.807, 2.05) is 30.3 Å². The minimum atomic E-state index is -0.884. The minimum Gasteiger partial charge on any atom is -0.480 e. The predicted molar refractivity (Wildman–Crippen MR) is 120 cm³/mol. The molecule has 1 unspecified atom stereocenters. The molecule has 0 aliphatic heterocycles. The molecule has 0 aliphatic rings. The average Bonchev–Trinajstić information content (AvgIpc) is 2.63. The third-order valence-corrected chi connectivity index (χ3v) is 8.10. The molecule has 0 fully saturated rings. The highest BCUT2D eigenvalue weighted by atomic mass is 127. The topological polar surface area (TPSA) is 37.3 Å². The first-order valence-electron chi connectivity index (χ1n) is 10.3. The molecule has 1 aromatic rings. The Kier molecular flexibility index (Phi) is 10.8. The number of carbonyl (C=O) groups is 1. The Bertz CT molecular complexity index is 512. The standard InChI is InChI=1S/C23H37IO2/c1-4-5-6-7-8-9-10-11-12-16-19-22(2,3)23(24,21(25)26)20-17-14-13-15-18-20/h13-15,17-18H,4-12,16,19H2,1-3H3,(H,25,26). The summed E-state index contributed by atoms with van der Waals surface area (Å²) < 4.78 is -0.884. The molecule has 0 radical (unpaired) electrons. The van der Waals surface area contributed by atoms with Crippen molar-refractivity contribution in [2.24, 2.45) is 5.41 Å². The monoisotopic (exact) mass is 472 g/mol. The molecule has 0 amide bonds. The van der Waals surface area contributed by atoms with Crippen molar-refractivity contribution in [2.75, 3.05) is 0 Å². The van der Waals surface area contributed by atoms with Gasteiger partial charge in [0, 0.05) is 0 Å². The summed E-state index contributed by atoms with van der Waals surface area (Å²) in [6, 6.07) is 9.70. The third kappa shape index (κ3) is 6.86. The van der Waals surface area contributed by atoms with E-state index in [0.29, 0.717) is 0 Å². The number of hydrogen-bond donors (Lipinski definition) is 1. The Balaban J connectivity index is 2.41. The van der Waals surface area contributed by atoms with Gasteiger partial charge in [-0.2, -0.15) is 0 Å². The lowest BCUT2D eigenvalue weighted by atomic mass is 9.71. The molecule has 1 rings (SSSR count). The minimum absolute atomic E-state index is 0.291. The van der Waals surface area contributed by atoms with Gasteiger partial charge in [-0.25, -0.2) is 0 Å². The van der Waals surface area contributed by atoms with Crippen LogP contribution in [0.2, 0.25) is 0 Å². The second-order valence-electron chi connectivity index (χ2n) is 8.15. The molecule has 0 aliphatic carbocycles. The number of halogens is 1. The maximum Gasteiger partial charge on any atom is 0.324 e. The highest BCUT2D eigenvalue weighted by Gasteiger charge is 2.50. The quantitative estimate of drug-likeness (QED) is 0.171. The van der Waals surface area contributed by atoms with E-state index in [-0.39, 0.29) is 5.41 Å². The van der Waals surface area contributed by atoms with Gasteiger partial charge in [0.25, 0.3) is 0 Å². The molecule has 1 atom stereocenters. The van der Waals surface area contributed by atoms with Crippen LogP contribution in [0.25, 0.3) is 0 Å². The third-order valence-electron chi connectivity index (χ3n) is 5.55. The van der Waals surface area contributed by atoms with Crippen LogP contribution in [-0.4, -0.2) is 11.1 Å². The number of carboxylic acid groups (broad SMARTS) is 1. The van der Waals surface area contributed by atoms with Crippen molar-refractivity contribution >= 4 is 28.6 Å². The maximum absolute atomic E-state index is 12.1. The van der Waals surface area contributed by atoms with Crippen LogP contribution in [0.15, 0.2) is 30.3 Å². The van der Waals surface area contributed by atoms with Crippen molar-refractivity contribution in [3.63, 3.8) is 0 Å². The van der Waals surface area contributed by atoms with Gasteiger partial charge in [-0.05, 0) is 17.4 Å². The summed E-state index contributed by atoms with van der Waals surface area (Å²) in [7, 11) is 0. The Morgan fingerprint density at radius 3 is 1.81 bits per heavy atom. The lowest BCUT2D eigenvalue weighted by molar-refractivity contribution is -0.142. The first-order valence-corrected chi connectivity index (χ1v) is 11.4. The van der Waals surface area contributed by atoms with Crippen LogP contribution < -0.4 is 0 Å². The van der Waals surface area contributed by atoms with Crippen molar-refractivity contribution < 1.29 is 9.90 Å². The zero-order valence-electron chi connectivity index (χ0n) is 16.9. The second-order valence-corrected chi connectivity index (χ2v) is 9.76. The van der Waals surface area contributed by atoms with Gasteiger partial charge < -0.3 is 5.11 Å². The van der Waals surface area contributed by atoms with Gasteiger partial charge in [0.1, 0.15) is 3.42 Å². The largest absolute Gasteiger partial charge is 0.480 e. The number of hydrogen-bond acceptors (Lipinski definition) is 1. The SMILES string of the molecule is CCCCCCCCCCCCC(C)(C)C(I)(C(=O)O)c1ccccc1. The molecule has 148 valence electrons. The number of unbranched alkanes of at least 4 members (excludes halogenated alkanes) is 9. The fraction of sp³-hybridized carbons (Fsp3) is 0.696. The summed E-state index contributed by atoms with van der Waals surface area (Å²) in [5.74, 6) is -0.735. The highest BCUT2D eigenvalue weighted by molar-refractivity contribution is 14.1. The van der Waals surface area contributed by atoms with Gasteiger partial charge in [-0.15, -0.1) is 0 Å². The van der Waals surface area contributed by atoms with Crippen molar-refractivity contribution in [3.8, 4) is 0 Å². The summed E-state index contributed by atoms with van der Waals surface area (Å²) >= 11 is 2.16. The first kappa shape index (κ1) is 23.5. The van der Waals surface area contributed by atoms with E-state index in [1.165, 1.54) is 57.8 Å². The van der Waals surface area contributed by atoms with Crippen LogP contribution in [-0.2, 0) is 8.22 Å². The lowest BCUT2D eigenvalue weighted by Crippen LogP contribution is -2.43. The highest BCUT2D eigenvalue weighted by Crippen LogP contribution is 2.50. The van der Waals surface area contributed by atoms with Gasteiger partial charge in [0.05, 0.1) is 0 Å². The number of carboxylic acids is 1. The maximum atomic E-state index is 12.1. The molecule has 1 N–H and O–H groups in total. The molecule has 0 saturated heterocycles. The van der Waals surface area contributed by atoms with E-state index in [9.17, 15) is 9.90 Å². The van der Waals surface area contributed by atoms with E-state index < -0.39 is 9.39 Å². The molecule has 0 spiro atoms. The number of alkyl halides is 1. The Morgan fingerprint density at radius 1 is 0.885 bits per heavy atom. The van der Waals surface area contributed by atoms with Crippen LogP contribution >= 0.6 is 22.6 Å².